The second-order valence-electron chi connectivity index (χ2n) is 7.67. The van der Waals surface area contributed by atoms with Gasteiger partial charge in [-0.3, -0.25) is 14.6 Å². The van der Waals surface area contributed by atoms with Crippen molar-refractivity contribution in [1.29, 1.82) is 5.26 Å². The van der Waals surface area contributed by atoms with E-state index in [1.165, 1.54) is 0 Å². The number of likely N-dealkylation sites (N-methyl/N-ethyl adjacent to an activating group) is 1. The first kappa shape index (κ1) is 18.9. The highest BCUT2D eigenvalue weighted by Gasteiger charge is 2.42. The van der Waals surface area contributed by atoms with Gasteiger partial charge >= 0.3 is 0 Å². The molecule has 0 aromatic carbocycles. The SMILES string of the molecule is CN1CCN(Cc2cc(C#N)n(C)c2)C[C@]12CCC(=O)N(CCO)CC2. The molecule has 1 atom stereocenters. The predicted octanol–water partition coefficient (Wildman–Crippen LogP) is 0.388. The van der Waals surface area contributed by atoms with Crippen molar-refractivity contribution in [3.05, 3.63) is 23.5 Å². The Kier molecular flexibility index (Phi) is 5.66. The number of β-amino-alcohol motifs (C(OH)–C–C–N with tert-alkyl or cyclic N) is 1. The first-order chi connectivity index (χ1) is 12.5. The van der Waals surface area contributed by atoms with Gasteiger partial charge in [-0.25, -0.2) is 0 Å². The molecule has 2 aliphatic rings. The molecule has 2 saturated heterocycles. The van der Waals surface area contributed by atoms with Crippen LogP contribution in [-0.2, 0) is 18.4 Å². The molecule has 1 N–H and O–H groups in total. The molecule has 0 radical (unpaired) electrons. The maximum Gasteiger partial charge on any atom is 0.222 e. The van der Waals surface area contributed by atoms with E-state index in [0.29, 0.717) is 25.2 Å². The molecule has 1 aromatic rings. The molecule has 26 heavy (non-hydrogen) atoms. The van der Waals surface area contributed by atoms with E-state index < -0.39 is 0 Å². The quantitative estimate of drug-likeness (QED) is 0.842. The van der Waals surface area contributed by atoms with Gasteiger partial charge in [0.2, 0.25) is 5.91 Å². The summed E-state index contributed by atoms with van der Waals surface area (Å²) < 4.78 is 1.87. The number of likely N-dealkylation sites (tertiary alicyclic amines) is 1. The van der Waals surface area contributed by atoms with Crippen LogP contribution >= 0.6 is 0 Å². The van der Waals surface area contributed by atoms with Crippen LogP contribution in [-0.4, -0.2) is 82.2 Å². The van der Waals surface area contributed by atoms with Gasteiger partial charge in [-0.2, -0.15) is 5.26 Å². The summed E-state index contributed by atoms with van der Waals surface area (Å²) in [4.78, 5) is 19.0. The van der Waals surface area contributed by atoms with E-state index in [0.717, 1.165) is 44.6 Å². The van der Waals surface area contributed by atoms with Crippen molar-refractivity contribution in [3.63, 3.8) is 0 Å². The van der Waals surface area contributed by atoms with Crippen LogP contribution < -0.4 is 0 Å². The first-order valence-corrected chi connectivity index (χ1v) is 9.35. The predicted molar refractivity (Wildman–Crippen MR) is 98.3 cm³/mol. The number of amides is 1. The van der Waals surface area contributed by atoms with Crippen LogP contribution in [0.2, 0.25) is 0 Å². The lowest BCUT2D eigenvalue weighted by molar-refractivity contribution is -0.131. The highest BCUT2D eigenvalue weighted by atomic mass is 16.3. The van der Waals surface area contributed by atoms with Gasteiger partial charge in [0, 0.05) is 64.5 Å². The molecule has 1 amide bonds. The van der Waals surface area contributed by atoms with Gasteiger partial charge in [0.1, 0.15) is 11.8 Å². The molecular formula is C19H29N5O2. The largest absolute Gasteiger partial charge is 0.395 e. The van der Waals surface area contributed by atoms with Crippen molar-refractivity contribution >= 4 is 5.91 Å². The molecule has 2 fully saturated rings. The molecule has 7 nitrogen and oxygen atoms in total. The Bertz CT molecular complexity index is 695. The Labute approximate surface area is 155 Å². The zero-order valence-electron chi connectivity index (χ0n) is 15.8. The fourth-order valence-corrected chi connectivity index (χ4v) is 4.36. The van der Waals surface area contributed by atoms with E-state index in [9.17, 15) is 9.90 Å². The minimum Gasteiger partial charge on any atom is -0.395 e. The summed E-state index contributed by atoms with van der Waals surface area (Å²) in [5, 5.41) is 18.3. The number of carbonyl (C=O) groups is 1. The molecule has 0 unspecified atom stereocenters. The van der Waals surface area contributed by atoms with Crippen molar-refractivity contribution in [1.82, 2.24) is 19.3 Å². The fraction of sp³-hybridized carbons (Fsp3) is 0.684. The number of rotatable bonds is 4. The highest BCUT2D eigenvalue weighted by Crippen LogP contribution is 2.32. The molecule has 7 heteroatoms. The average molecular weight is 359 g/mol. The Morgan fingerprint density at radius 1 is 1.27 bits per heavy atom. The molecule has 0 aliphatic carbocycles. The third-order valence-corrected chi connectivity index (χ3v) is 6.04. The zero-order chi connectivity index (χ0) is 18.7. The molecule has 0 saturated carbocycles. The summed E-state index contributed by atoms with van der Waals surface area (Å²) in [6.07, 6.45) is 4.37. The molecule has 3 heterocycles. The third kappa shape index (κ3) is 3.78. The van der Waals surface area contributed by atoms with E-state index in [4.69, 9.17) is 5.26 Å². The van der Waals surface area contributed by atoms with Crippen LogP contribution in [0.4, 0.5) is 0 Å². The summed E-state index contributed by atoms with van der Waals surface area (Å²) in [5.41, 5.74) is 1.85. The van der Waals surface area contributed by atoms with Crippen LogP contribution in [0.25, 0.3) is 0 Å². The molecule has 3 rings (SSSR count). The maximum absolute atomic E-state index is 12.3. The number of aliphatic hydroxyl groups is 1. The molecule has 1 aromatic heterocycles. The molecular weight excluding hydrogens is 330 g/mol. The minimum atomic E-state index is 0.00492. The number of piperazine rings is 1. The van der Waals surface area contributed by atoms with Crippen LogP contribution in [0.1, 0.15) is 30.5 Å². The summed E-state index contributed by atoms with van der Waals surface area (Å²) in [5.74, 6) is 0.156. The van der Waals surface area contributed by atoms with Crippen LogP contribution in [0.5, 0.6) is 0 Å². The summed E-state index contributed by atoms with van der Waals surface area (Å²) in [7, 11) is 4.07. The van der Waals surface area contributed by atoms with Crippen molar-refractivity contribution < 1.29 is 9.90 Å². The van der Waals surface area contributed by atoms with Crippen molar-refractivity contribution in [2.45, 2.75) is 31.3 Å². The molecule has 1 spiro atoms. The fourth-order valence-electron chi connectivity index (χ4n) is 4.36. The second-order valence-corrected chi connectivity index (χ2v) is 7.67. The van der Waals surface area contributed by atoms with Crippen LogP contribution in [0, 0.1) is 11.3 Å². The molecule has 0 bridgehead atoms. The Balaban J connectivity index is 1.71. The zero-order valence-corrected chi connectivity index (χ0v) is 15.8. The van der Waals surface area contributed by atoms with E-state index in [-0.39, 0.29) is 18.1 Å². The lowest BCUT2D eigenvalue weighted by Crippen LogP contribution is -2.60. The Morgan fingerprint density at radius 3 is 2.77 bits per heavy atom. The first-order valence-electron chi connectivity index (χ1n) is 9.35. The number of hydrogen-bond acceptors (Lipinski definition) is 5. The number of aryl methyl sites for hydroxylation is 1. The molecule has 142 valence electrons. The van der Waals surface area contributed by atoms with Crippen molar-refractivity contribution in [2.75, 3.05) is 46.4 Å². The minimum absolute atomic E-state index is 0.00492. The van der Waals surface area contributed by atoms with Gasteiger partial charge in [0.05, 0.1) is 6.61 Å². The number of aromatic nitrogens is 1. The van der Waals surface area contributed by atoms with Gasteiger partial charge in [-0.15, -0.1) is 0 Å². The summed E-state index contributed by atoms with van der Waals surface area (Å²) in [6.45, 7) is 4.90. The lowest BCUT2D eigenvalue weighted by Gasteiger charge is -2.49. The van der Waals surface area contributed by atoms with Crippen LogP contribution in [0.3, 0.4) is 0 Å². The smallest absolute Gasteiger partial charge is 0.222 e. The van der Waals surface area contributed by atoms with E-state index >= 15 is 0 Å². The highest BCUT2D eigenvalue weighted by molar-refractivity contribution is 5.76. The number of aliphatic hydroxyl groups excluding tert-OH is 1. The van der Waals surface area contributed by atoms with Gasteiger partial charge < -0.3 is 14.6 Å². The van der Waals surface area contributed by atoms with Crippen LogP contribution in [0.15, 0.2) is 12.3 Å². The van der Waals surface area contributed by atoms with Gasteiger partial charge in [0.15, 0.2) is 0 Å². The normalized spacial score (nSPS) is 25.5. The monoisotopic (exact) mass is 359 g/mol. The standard InChI is InChI=1S/C19H29N5O2/c1-21-13-16(11-17(21)12-20)14-23-8-7-22(2)19(15-23)4-3-18(26)24(6-5-19)9-10-25/h11,13,25H,3-10,14-15H2,1-2H3/t19-/m1/s1. The van der Waals surface area contributed by atoms with E-state index in [2.05, 4.69) is 22.9 Å². The number of carbonyl (C=O) groups excluding carboxylic acids is 1. The lowest BCUT2D eigenvalue weighted by atomic mass is 9.86. The average Bonchev–Trinajstić information content (AvgIpc) is 2.90. The van der Waals surface area contributed by atoms with Crippen molar-refractivity contribution in [3.8, 4) is 6.07 Å². The number of nitriles is 1. The topological polar surface area (TPSA) is 75.7 Å². The number of hydrogen-bond donors (Lipinski definition) is 1. The maximum atomic E-state index is 12.3. The van der Waals surface area contributed by atoms with Gasteiger partial charge in [-0.1, -0.05) is 0 Å². The van der Waals surface area contributed by atoms with E-state index in [1.54, 1.807) is 4.90 Å². The summed E-state index contributed by atoms with van der Waals surface area (Å²) >= 11 is 0. The Hall–Kier alpha value is -1.88. The number of nitrogens with zero attached hydrogens (tertiary/aromatic N) is 5. The van der Waals surface area contributed by atoms with E-state index in [1.807, 2.05) is 23.9 Å². The van der Waals surface area contributed by atoms with Gasteiger partial charge in [-0.05, 0) is 31.5 Å². The van der Waals surface area contributed by atoms with Crippen molar-refractivity contribution in [2.24, 2.45) is 7.05 Å². The summed E-state index contributed by atoms with van der Waals surface area (Å²) in [6, 6.07) is 4.18. The third-order valence-electron chi connectivity index (χ3n) is 6.04. The molecule has 2 aliphatic heterocycles. The van der Waals surface area contributed by atoms with Gasteiger partial charge in [0.25, 0.3) is 0 Å². The Morgan fingerprint density at radius 2 is 2.08 bits per heavy atom. The second kappa shape index (κ2) is 7.78.